The van der Waals surface area contributed by atoms with Crippen molar-refractivity contribution < 1.29 is 23.6 Å². The molecule has 0 aromatic heterocycles. The van der Waals surface area contributed by atoms with Crippen LogP contribution in [0.25, 0.3) is 6.08 Å². The van der Waals surface area contributed by atoms with Gasteiger partial charge in [-0.15, -0.1) is 0 Å². The molecular formula is C26H35ClFN3O4S3. The van der Waals surface area contributed by atoms with Crippen molar-refractivity contribution in [1.82, 2.24) is 16.0 Å². The van der Waals surface area contributed by atoms with E-state index in [0.717, 1.165) is 11.6 Å². The molecule has 0 spiro atoms. The van der Waals surface area contributed by atoms with Gasteiger partial charge in [0.1, 0.15) is 18.1 Å². The largest absolute Gasteiger partial charge is 0.356 e. The molecule has 0 radical (unpaired) electrons. The van der Waals surface area contributed by atoms with E-state index in [-0.39, 0.29) is 77.6 Å². The number of hydrogen-bond acceptors (Lipinski definition) is 4. The molecule has 2 aromatic carbocycles. The highest BCUT2D eigenvalue weighted by Crippen LogP contribution is 2.16. The molecule has 0 unspecified atom stereocenters. The fourth-order valence-corrected chi connectivity index (χ4v) is 3.96. The number of carbonyl (C=O) groups excluding carboxylic acids is 4. The summed E-state index contributed by atoms with van der Waals surface area (Å²) >= 11 is 5.83. The van der Waals surface area contributed by atoms with E-state index in [1.165, 1.54) is 24.3 Å². The zero-order valence-electron chi connectivity index (χ0n) is 19.8. The van der Waals surface area contributed by atoms with Gasteiger partial charge >= 0.3 is 0 Å². The van der Waals surface area contributed by atoms with E-state index in [4.69, 9.17) is 11.6 Å². The van der Waals surface area contributed by atoms with Crippen molar-refractivity contribution in [3.8, 4) is 0 Å². The topological polar surface area (TPSA) is 104 Å². The fraction of sp³-hybridized carbons (Fsp3) is 0.308. The molecule has 0 bridgehead atoms. The van der Waals surface area contributed by atoms with Crippen LogP contribution < -0.4 is 16.0 Å². The van der Waals surface area contributed by atoms with Crippen molar-refractivity contribution in [2.75, 3.05) is 6.54 Å². The molecule has 1 fully saturated rings. The van der Waals surface area contributed by atoms with E-state index in [9.17, 15) is 23.6 Å². The minimum absolute atomic E-state index is 0. The maximum atomic E-state index is 13.5. The van der Waals surface area contributed by atoms with E-state index in [1.54, 1.807) is 0 Å². The number of carbonyl (C=O) groups is 4. The Morgan fingerprint density at radius 1 is 1.11 bits per heavy atom. The molecule has 0 saturated carbocycles. The number of hydrogen-bond donors (Lipinski definition) is 3. The zero-order valence-corrected chi connectivity index (χ0v) is 23.6. The van der Waals surface area contributed by atoms with Crippen molar-refractivity contribution in [3.63, 3.8) is 0 Å². The number of amides is 3. The molecule has 3 N–H and O–H groups in total. The summed E-state index contributed by atoms with van der Waals surface area (Å²) in [6.45, 7) is 0.540. The van der Waals surface area contributed by atoms with E-state index >= 15 is 0 Å². The predicted octanol–water partition coefficient (Wildman–Crippen LogP) is 3.40. The molecule has 210 valence electrons. The molecule has 2 aromatic rings. The Labute approximate surface area is 248 Å². The van der Waals surface area contributed by atoms with Crippen LogP contribution in [0.4, 0.5) is 4.39 Å². The summed E-state index contributed by atoms with van der Waals surface area (Å²) in [6, 6.07) is 11.1. The van der Waals surface area contributed by atoms with Crippen molar-refractivity contribution >= 4 is 82.2 Å². The molecule has 3 rings (SSSR count). The smallest absolute Gasteiger partial charge is 0.244 e. The van der Waals surface area contributed by atoms with Gasteiger partial charge in [-0.1, -0.05) is 49.4 Å². The summed E-state index contributed by atoms with van der Waals surface area (Å²) in [5.41, 5.74) is 1.20. The normalized spacial score (nSPS) is 15.3. The highest BCUT2D eigenvalue weighted by molar-refractivity contribution is 7.59. The van der Waals surface area contributed by atoms with E-state index in [0.29, 0.717) is 24.8 Å². The fourth-order valence-electron chi connectivity index (χ4n) is 3.73. The highest BCUT2D eigenvalue weighted by Gasteiger charge is 2.29. The van der Waals surface area contributed by atoms with Gasteiger partial charge in [0, 0.05) is 30.0 Å². The maximum absolute atomic E-state index is 13.5. The first-order chi connectivity index (χ1) is 16.3. The molecule has 1 saturated heterocycles. The molecule has 0 aliphatic carbocycles. The molecular weight excluding hydrogens is 569 g/mol. The van der Waals surface area contributed by atoms with Gasteiger partial charge in [-0.25, -0.2) is 4.39 Å². The maximum Gasteiger partial charge on any atom is 0.244 e. The summed E-state index contributed by atoms with van der Waals surface area (Å²) < 4.78 is 13.5. The van der Waals surface area contributed by atoms with Crippen LogP contribution in [0.3, 0.4) is 0 Å². The van der Waals surface area contributed by atoms with E-state index in [2.05, 4.69) is 16.0 Å². The number of nitrogens with one attached hydrogen (secondary N) is 3. The third kappa shape index (κ3) is 11.9. The van der Waals surface area contributed by atoms with Crippen molar-refractivity contribution in [3.05, 3.63) is 76.6 Å². The Hall–Kier alpha value is -2.47. The van der Waals surface area contributed by atoms with Crippen molar-refractivity contribution in [2.45, 2.75) is 38.8 Å². The van der Waals surface area contributed by atoms with Gasteiger partial charge in [-0.2, -0.15) is 40.5 Å². The second kappa shape index (κ2) is 18.7. The highest BCUT2D eigenvalue weighted by atomic mass is 35.5. The van der Waals surface area contributed by atoms with Crippen LogP contribution in [-0.2, 0) is 25.6 Å². The van der Waals surface area contributed by atoms with Gasteiger partial charge in [0.05, 0.1) is 6.04 Å². The average molecular weight is 604 g/mol. The summed E-state index contributed by atoms with van der Waals surface area (Å²) in [4.78, 5) is 48.9. The summed E-state index contributed by atoms with van der Waals surface area (Å²) in [5, 5.41) is 8.17. The van der Waals surface area contributed by atoms with Gasteiger partial charge < -0.3 is 20.7 Å². The molecule has 3 amide bonds. The number of halogens is 2. The lowest BCUT2D eigenvalue weighted by atomic mass is 9.98. The van der Waals surface area contributed by atoms with E-state index in [1.807, 2.05) is 30.3 Å². The quantitative estimate of drug-likeness (QED) is 0.286. The minimum Gasteiger partial charge on any atom is -0.356 e. The molecule has 1 heterocycles. The lowest BCUT2D eigenvalue weighted by Crippen LogP contribution is -2.51. The zero-order chi connectivity index (χ0) is 24.5. The Morgan fingerprint density at radius 2 is 1.79 bits per heavy atom. The van der Waals surface area contributed by atoms with E-state index < -0.39 is 29.7 Å². The number of benzene rings is 2. The van der Waals surface area contributed by atoms with Gasteiger partial charge in [-0.05, 0) is 48.2 Å². The monoisotopic (exact) mass is 603 g/mol. The van der Waals surface area contributed by atoms with Gasteiger partial charge in [-0.3, -0.25) is 14.4 Å². The van der Waals surface area contributed by atoms with Crippen LogP contribution >= 0.6 is 52.1 Å². The molecule has 3 atom stereocenters. The van der Waals surface area contributed by atoms with Crippen LogP contribution in [0.2, 0.25) is 5.02 Å². The third-order valence-electron chi connectivity index (χ3n) is 5.42. The summed E-state index contributed by atoms with van der Waals surface area (Å²) in [7, 11) is 0. The predicted molar refractivity (Wildman–Crippen MR) is 164 cm³/mol. The van der Waals surface area contributed by atoms with Crippen LogP contribution in [0.1, 0.15) is 31.4 Å². The first-order valence-electron chi connectivity index (χ1n) is 10.9. The lowest BCUT2D eigenvalue weighted by Gasteiger charge is -2.21. The van der Waals surface area contributed by atoms with Gasteiger partial charge in [0.15, 0.2) is 0 Å². The standard InChI is InChI=1S/C25H25ClFN3O4.CH4.3H2S/c26-19-10-17(11-20(27)14-19)6-7-23(32)30-22(12-16-4-2-1-3-5-16)25(34)29-21(15-31)13-18-8-9-28-24(18)33;;;;/h1-7,10-11,14-15,18,21-22H,8-9,12-13H2,(H,28,33)(H,29,34)(H,30,32);1H4;3*1H2/b7-6+;;;;/t18-,21-,22-;;;;/m0..../s1. The second-order valence-corrected chi connectivity index (χ2v) is 8.49. The number of aldehydes is 1. The lowest BCUT2D eigenvalue weighted by molar-refractivity contribution is -0.129. The van der Waals surface area contributed by atoms with Crippen LogP contribution in [0.15, 0.2) is 54.6 Å². The molecule has 38 heavy (non-hydrogen) atoms. The molecule has 12 heteroatoms. The third-order valence-corrected chi connectivity index (χ3v) is 5.64. The summed E-state index contributed by atoms with van der Waals surface area (Å²) in [5.74, 6) is -2.15. The molecule has 7 nitrogen and oxygen atoms in total. The SMILES string of the molecule is C.O=C[C@H](C[C@@H]1CCNC1=O)NC(=O)[C@H](Cc1ccccc1)NC(=O)/C=C/c1cc(F)cc(Cl)c1.S.S.S. The first-order valence-corrected chi connectivity index (χ1v) is 11.2. The molecule has 1 aliphatic heterocycles. The Morgan fingerprint density at radius 3 is 2.37 bits per heavy atom. The molecule has 1 aliphatic rings. The van der Waals surface area contributed by atoms with Crippen molar-refractivity contribution in [1.29, 1.82) is 0 Å². The Balaban J connectivity index is 0. The second-order valence-electron chi connectivity index (χ2n) is 8.05. The average Bonchev–Trinajstić information content (AvgIpc) is 3.21. The Bertz CT molecular complexity index is 1070. The van der Waals surface area contributed by atoms with Crippen LogP contribution in [0, 0.1) is 11.7 Å². The van der Waals surface area contributed by atoms with Gasteiger partial charge in [0.25, 0.3) is 0 Å². The van der Waals surface area contributed by atoms with Crippen LogP contribution in [-0.4, -0.2) is 42.6 Å². The van der Waals surface area contributed by atoms with Gasteiger partial charge in [0.2, 0.25) is 17.7 Å². The first kappa shape index (κ1) is 37.7. The number of rotatable bonds is 10. The minimum atomic E-state index is -0.976. The van der Waals surface area contributed by atoms with Crippen LogP contribution in [0.5, 0.6) is 0 Å². The summed E-state index contributed by atoms with van der Waals surface area (Å²) in [6.07, 6.45) is 4.13. The Kier molecular flexibility index (Phi) is 18.6. The van der Waals surface area contributed by atoms with Crippen molar-refractivity contribution in [2.24, 2.45) is 5.92 Å².